The average Bonchev–Trinajstić information content (AvgIpc) is 2.66. The van der Waals surface area contributed by atoms with Crippen LogP contribution in [-0.4, -0.2) is 24.3 Å². The molecule has 0 aromatic carbocycles. The smallest absolute Gasteiger partial charge is 0.0810 e. The number of nitrogens with one attached hydrogen (secondary N) is 1. The van der Waals surface area contributed by atoms with E-state index < -0.39 is 0 Å². The predicted molar refractivity (Wildman–Crippen MR) is 81.5 cm³/mol. The van der Waals surface area contributed by atoms with Gasteiger partial charge in [0.1, 0.15) is 0 Å². The highest BCUT2D eigenvalue weighted by Gasteiger charge is 2.35. The third kappa shape index (κ3) is 5.07. The zero-order chi connectivity index (χ0) is 13.6. The summed E-state index contributed by atoms with van der Waals surface area (Å²) in [5.74, 6) is 0. The van der Waals surface area contributed by atoms with Gasteiger partial charge in [0.25, 0.3) is 0 Å². The molecule has 0 aromatic rings. The largest absolute Gasteiger partial charge is 0.370 e. The van der Waals surface area contributed by atoms with Crippen LogP contribution >= 0.6 is 0 Å². The van der Waals surface area contributed by atoms with Gasteiger partial charge >= 0.3 is 0 Å². The molecular weight excluding hydrogens is 234 g/mol. The Labute approximate surface area is 119 Å². The van der Waals surface area contributed by atoms with Gasteiger partial charge in [0.2, 0.25) is 0 Å². The van der Waals surface area contributed by atoms with E-state index in [1.807, 2.05) is 0 Å². The van der Waals surface area contributed by atoms with Gasteiger partial charge in [-0.05, 0) is 25.7 Å². The first-order chi connectivity index (χ1) is 9.20. The van der Waals surface area contributed by atoms with Crippen LogP contribution in [-0.2, 0) is 4.74 Å². The van der Waals surface area contributed by atoms with E-state index >= 15 is 0 Å². The fraction of sp³-hybridized carbons (Fsp3) is 1.00. The average molecular weight is 267 g/mol. The Morgan fingerprint density at radius 2 is 1.53 bits per heavy atom. The third-order valence-electron chi connectivity index (χ3n) is 4.82. The molecule has 0 heterocycles. The Morgan fingerprint density at radius 1 is 0.947 bits per heavy atom. The van der Waals surface area contributed by atoms with Crippen molar-refractivity contribution in [2.24, 2.45) is 0 Å². The monoisotopic (exact) mass is 267 g/mol. The molecule has 2 fully saturated rings. The first-order valence-electron chi connectivity index (χ1n) is 8.61. The Morgan fingerprint density at radius 3 is 2.11 bits per heavy atom. The second-order valence-electron chi connectivity index (χ2n) is 7.01. The molecule has 0 spiro atoms. The van der Waals surface area contributed by atoms with Crippen molar-refractivity contribution >= 4 is 0 Å². The van der Waals surface area contributed by atoms with Gasteiger partial charge in [0, 0.05) is 12.6 Å². The third-order valence-corrected chi connectivity index (χ3v) is 4.82. The standard InChI is InChI=1S/C17H33NO/c1-15(2)18-14-17(12-8-5-9-13-17)19-16-10-6-3-4-7-11-16/h15-16,18H,3-14H2,1-2H3. The molecule has 112 valence electrons. The van der Waals surface area contributed by atoms with Crippen molar-refractivity contribution in [1.29, 1.82) is 0 Å². The molecule has 2 heteroatoms. The summed E-state index contributed by atoms with van der Waals surface area (Å²) in [6.45, 7) is 5.53. The van der Waals surface area contributed by atoms with Crippen molar-refractivity contribution in [3.63, 3.8) is 0 Å². The van der Waals surface area contributed by atoms with Crippen molar-refractivity contribution < 1.29 is 4.74 Å². The summed E-state index contributed by atoms with van der Waals surface area (Å²) in [7, 11) is 0. The minimum absolute atomic E-state index is 0.150. The molecule has 0 radical (unpaired) electrons. The minimum atomic E-state index is 0.150. The normalized spacial score (nSPS) is 25.4. The zero-order valence-corrected chi connectivity index (χ0v) is 13.0. The molecule has 1 N–H and O–H groups in total. The molecule has 2 nitrogen and oxygen atoms in total. The summed E-state index contributed by atoms with van der Waals surface area (Å²) in [4.78, 5) is 0. The fourth-order valence-corrected chi connectivity index (χ4v) is 3.64. The van der Waals surface area contributed by atoms with Crippen LogP contribution < -0.4 is 5.32 Å². The fourth-order valence-electron chi connectivity index (χ4n) is 3.64. The van der Waals surface area contributed by atoms with E-state index in [9.17, 15) is 0 Å². The van der Waals surface area contributed by atoms with Crippen LogP contribution in [0.2, 0.25) is 0 Å². The summed E-state index contributed by atoms with van der Waals surface area (Å²) in [6.07, 6.45) is 15.3. The van der Waals surface area contributed by atoms with Gasteiger partial charge in [0.05, 0.1) is 11.7 Å². The SMILES string of the molecule is CC(C)NCC1(OC2CCCCCC2)CCCCC1. The highest BCUT2D eigenvalue weighted by molar-refractivity contribution is 4.88. The summed E-state index contributed by atoms with van der Waals surface area (Å²) in [6, 6.07) is 0.566. The Balaban J connectivity index is 1.91. The van der Waals surface area contributed by atoms with E-state index in [1.54, 1.807) is 0 Å². The molecule has 2 rings (SSSR count). The van der Waals surface area contributed by atoms with Crippen LogP contribution in [0, 0.1) is 0 Å². The van der Waals surface area contributed by atoms with Crippen LogP contribution in [0.15, 0.2) is 0 Å². The van der Waals surface area contributed by atoms with Crippen LogP contribution in [0.5, 0.6) is 0 Å². The lowest BCUT2D eigenvalue weighted by molar-refractivity contribution is -0.116. The molecule has 2 aliphatic carbocycles. The lowest BCUT2D eigenvalue weighted by atomic mass is 9.84. The summed E-state index contributed by atoms with van der Waals surface area (Å²) >= 11 is 0. The molecule has 0 aliphatic heterocycles. The quantitative estimate of drug-likeness (QED) is 0.744. The van der Waals surface area contributed by atoms with E-state index in [0.717, 1.165) is 6.54 Å². The van der Waals surface area contributed by atoms with Gasteiger partial charge in [-0.1, -0.05) is 58.8 Å². The highest BCUT2D eigenvalue weighted by atomic mass is 16.5. The van der Waals surface area contributed by atoms with Crippen LogP contribution in [0.3, 0.4) is 0 Å². The van der Waals surface area contributed by atoms with Crippen molar-refractivity contribution in [2.45, 2.75) is 102 Å². The molecule has 0 atom stereocenters. The molecule has 19 heavy (non-hydrogen) atoms. The van der Waals surface area contributed by atoms with Gasteiger partial charge in [-0.2, -0.15) is 0 Å². The first kappa shape index (κ1) is 15.3. The molecule has 2 saturated carbocycles. The van der Waals surface area contributed by atoms with Gasteiger partial charge in [-0.15, -0.1) is 0 Å². The van der Waals surface area contributed by atoms with E-state index in [4.69, 9.17) is 4.74 Å². The highest BCUT2D eigenvalue weighted by Crippen LogP contribution is 2.35. The Hall–Kier alpha value is -0.0800. The zero-order valence-electron chi connectivity index (χ0n) is 13.0. The predicted octanol–water partition coefficient (Wildman–Crippen LogP) is 4.43. The molecule has 0 unspecified atom stereocenters. The number of rotatable bonds is 5. The number of hydrogen-bond acceptors (Lipinski definition) is 2. The summed E-state index contributed by atoms with van der Waals surface area (Å²) < 4.78 is 6.69. The van der Waals surface area contributed by atoms with E-state index in [-0.39, 0.29) is 5.60 Å². The van der Waals surface area contributed by atoms with E-state index in [2.05, 4.69) is 19.2 Å². The van der Waals surface area contributed by atoms with Gasteiger partial charge in [-0.3, -0.25) is 0 Å². The topological polar surface area (TPSA) is 21.3 Å². The molecule has 0 aromatic heterocycles. The van der Waals surface area contributed by atoms with E-state index in [1.165, 1.54) is 70.6 Å². The maximum atomic E-state index is 6.69. The van der Waals surface area contributed by atoms with Gasteiger partial charge in [-0.25, -0.2) is 0 Å². The molecular formula is C17H33NO. The molecule has 2 aliphatic rings. The minimum Gasteiger partial charge on any atom is -0.370 e. The molecule has 0 saturated heterocycles. The van der Waals surface area contributed by atoms with Crippen molar-refractivity contribution in [1.82, 2.24) is 5.32 Å². The van der Waals surface area contributed by atoms with Crippen LogP contribution in [0.25, 0.3) is 0 Å². The second-order valence-corrected chi connectivity index (χ2v) is 7.01. The first-order valence-corrected chi connectivity index (χ1v) is 8.61. The number of hydrogen-bond donors (Lipinski definition) is 1. The summed E-state index contributed by atoms with van der Waals surface area (Å²) in [5, 5.41) is 3.64. The maximum Gasteiger partial charge on any atom is 0.0810 e. The van der Waals surface area contributed by atoms with Crippen molar-refractivity contribution in [3.05, 3.63) is 0 Å². The molecule has 0 bridgehead atoms. The maximum absolute atomic E-state index is 6.69. The summed E-state index contributed by atoms with van der Waals surface area (Å²) in [5.41, 5.74) is 0.150. The molecule has 0 amide bonds. The van der Waals surface area contributed by atoms with Crippen molar-refractivity contribution in [2.75, 3.05) is 6.54 Å². The van der Waals surface area contributed by atoms with Gasteiger partial charge < -0.3 is 10.1 Å². The van der Waals surface area contributed by atoms with E-state index in [0.29, 0.717) is 12.1 Å². The van der Waals surface area contributed by atoms with Crippen molar-refractivity contribution in [3.8, 4) is 0 Å². The van der Waals surface area contributed by atoms with Crippen LogP contribution in [0.4, 0.5) is 0 Å². The Bertz CT molecular complexity index is 238. The number of ether oxygens (including phenoxy) is 1. The van der Waals surface area contributed by atoms with Gasteiger partial charge in [0.15, 0.2) is 0 Å². The second kappa shape index (κ2) is 7.64. The Kier molecular flexibility index (Phi) is 6.15. The lowest BCUT2D eigenvalue weighted by Crippen LogP contribution is -2.48. The lowest BCUT2D eigenvalue weighted by Gasteiger charge is -2.41. The van der Waals surface area contributed by atoms with Crippen LogP contribution in [0.1, 0.15) is 84.5 Å².